The van der Waals surface area contributed by atoms with Gasteiger partial charge in [0.05, 0.1) is 0 Å². The molecule has 1 aromatic heterocycles. The van der Waals surface area contributed by atoms with E-state index in [1.165, 1.54) is 5.56 Å². The second-order valence-electron chi connectivity index (χ2n) is 5.23. The third-order valence-corrected chi connectivity index (χ3v) is 3.73. The van der Waals surface area contributed by atoms with Crippen molar-refractivity contribution in [3.05, 3.63) is 54.1 Å². The predicted molar refractivity (Wildman–Crippen MR) is 82.0 cm³/mol. The van der Waals surface area contributed by atoms with Gasteiger partial charge in [0.25, 0.3) is 0 Å². The zero-order valence-corrected chi connectivity index (χ0v) is 12.1. The summed E-state index contributed by atoms with van der Waals surface area (Å²) in [5.74, 6) is 6.77. The summed E-state index contributed by atoms with van der Waals surface area (Å²) >= 11 is 0. The van der Waals surface area contributed by atoms with Crippen molar-refractivity contribution in [2.75, 3.05) is 0 Å². The zero-order chi connectivity index (χ0) is 14.2. The largest absolute Gasteiger partial charge is 0.338 e. The first-order valence-corrected chi connectivity index (χ1v) is 7.26. The van der Waals surface area contributed by atoms with E-state index in [0.29, 0.717) is 6.04 Å². The molecule has 2 aromatic rings. The van der Waals surface area contributed by atoms with Crippen LogP contribution >= 0.6 is 0 Å². The molecule has 3 N–H and O–H groups in total. The molecule has 108 valence electrons. The second kappa shape index (κ2) is 7.82. The lowest BCUT2D eigenvalue weighted by Gasteiger charge is -2.15. The lowest BCUT2D eigenvalue weighted by atomic mass is 10.0. The molecule has 0 radical (unpaired) electrons. The number of aryl methyl sites for hydroxylation is 3. The molecule has 4 nitrogen and oxygen atoms in total. The number of nitrogens with zero attached hydrogens (tertiary/aromatic N) is 2. The highest BCUT2D eigenvalue weighted by Gasteiger charge is 2.08. The molecular formula is C16H24N4. The number of hydrazine groups is 1. The summed E-state index contributed by atoms with van der Waals surface area (Å²) in [5, 5.41) is 0. The van der Waals surface area contributed by atoms with Crippen LogP contribution in [0.3, 0.4) is 0 Å². The van der Waals surface area contributed by atoms with Crippen LogP contribution in [0.15, 0.2) is 42.7 Å². The first-order valence-electron chi connectivity index (χ1n) is 7.26. The van der Waals surface area contributed by atoms with Crippen molar-refractivity contribution in [2.45, 2.75) is 38.1 Å². The predicted octanol–water partition coefficient (Wildman–Crippen LogP) is 2.21. The normalized spacial score (nSPS) is 12.5. The minimum atomic E-state index is 0.357. The van der Waals surface area contributed by atoms with Crippen LogP contribution in [0.1, 0.15) is 30.7 Å². The van der Waals surface area contributed by atoms with Gasteiger partial charge in [0, 0.05) is 31.9 Å². The lowest BCUT2D eigenvalue weighted by molar-refractivity contribution is 0.446. The van der Waals surface area contributed by atoms with E-state index in [0.717, 1.165) is 37.9 Å². The van der Waals surface area contributed by atoms with Crippen LogP contribution < -0.4 is 11.3 Å². The highest BCUT2D eigenvalue weighted by atomic mass is 15.2. The summed E-state index contributed by atoms with van der Waals surface area (Å²) in [7, 11) is 2.03. The maximum Gasteiger partial charge on any atom is 0.108 e. The average Bonchev–Trinajstić information content (AvgIpc) is 2.89. The van der Waals surface area contributed by atoms with Crippen molar-refractivity contribution in [2.24, 2.45) is 12.9 Å². The number of hydrogen-bond donors (Lipinski definition) is 2. The van der Waals surface area contributed by atoms with Gasteiger partial charge in [0.15, 0.2) is 0 Å². The van der Waals surface area contributed by atoms with E-state index in [4.69, 9.17) is 5.84 Å². The van der Waals surface area contributed by atoms with Gasteiger partial charge in [-0.2, -0.15) is 0 Å². The summed E-state index contributed by atoms with van der Waals surface area (Å²) in [6.45, 7) is 0. The first kappa shape index (κ1) is 14.8. The van der Waals surface area contributed by atoms with Crippen LogP contribution in [-0.4, -0.2) is 15.6 Å². The Morgan fingerprint density at radius 1 is 1.20 bits per heavy atom. The minimum absolute atomic E-state index is 0.357. The highest BCUT2D eigenvalue weighted by molar-refractivity contribution is 5.14. The van der Waals surface area contributed by atoms with Gasteiger partial charge in [-0.05, 0) is 31.2 Å². The molecule has 1 heterocycles. The van der Waals surface area contributed by atoms with Gasteiger partial charge >= 0.3 is 0 Å². The molecular weight excluding hydrogens is 248 g/mol. The second-order valence-corrected chi connectivity index (χ2v) is 5.23. The maximum atomic E-state index is 5.65. The summed E-state index contributed by atoms with van der Waals surface area (Å²) in [6, 6.07) is 11.0. The monoisotopic (exact) mass is 272 g/mol. The number of benzene rings is 1. The molecule has 4 heteroatoms. The van der Waals surface area contributed by atoms with Crippen LogP contribution in [-0.2, 0) is 19.9 Å². The van der Waals surface area contributed by atoms with Gasteiger partial charge < -0.3 is 4.57 Å². The number of hydrogen-bond acceptors (Lipinski definition) is 3. The summed E-state index contributed by atoms with van der Waals surface area (Å²) in [4.78, 5) is 4.34. The fraction of sp³-hybridized carbons (Fsp3) is 0.438. The molecule has 0 aliphatic rings. The minimum Gasteiger partial charge on any atom is -0.338 e. The number of rotatable bonds is 8. The van der Waals surface area contributed by atoms with E-state index < -0.39 is 0 Å². The Balaban J connectivity index is 1.71. The molecule has 2 rings (SSSR count). The molecule has 1 unspecified atom stereocenters. The van der Waals surface area contributed by atoms with Gasteiger partial charge in [-0.3, -0.25) is 11.3 Å². The third-order valence-electron chi connectivity index (χ3n) is 3.73. The average molecular weight is 272 g/mol. The molecule has 1 aromatic carbocycles. The number of aromatic nitrogens is 2. The molecule has 0 spiro atoms. The van der Waals surface area contributed by atoms with Crippen LogP contribution in [0.5, 0.6) is 0 Å². The van der Waals surface area contributed by atoms with Gasteiger partial charge in [-0.15, -0.1) is 0 Å². The van der Waals surface area contributed by atoms with Crippen molar-refractivity contribution < 1.29 is 0 Å². The summed E-state index contributed by atoms with van der Waals surface area (Å²) in [6.07, 6.45) is 9.17. The van der Waals surface area contributed by atoms with E-state index in [2.05, 4.69) is 45.3 Å². The Bertz CT molecular complexity index is 492. The van der Waals surface area contributed by atoms with Gasteiger partial charge in [0.1, 0.15) is 5.82 Å². The fourth-order valence-corrected chi connectivity index (χ4v) is 2.45. The first-order chi connectivity index (χ1) is 9.79. The Kier molecular flexibility index (Phi) is 5.77. The SMILES string of the molecule is Cn1ccnc1CCC(CCCc1ccccc1)NN. The highest BCUT2D eigenvalue weighted by Crippen LogP contribution is 2.10. The Morgan fingerprint density at radius 3 is 2.65 bits per heavy atom. The van der Waals surface area contributed by atoms with Crippen LogP contribution in [0.25, 0.3) is 0 Å². The molecule has 0 fully saturated rings. The molecule has 0 aliphatic heterocycles. The summed E-state index contributed by atoms with van der Waals surface area (Å²) < 4.78 is 2.07. The number of imidazole rings is 1. The molecule has 0 aliphatic carbocycles. The molecule has 20 heavy (non-hydrogen) atoms. The van der Waals surface area contributed by atoms with Crippen molar-refractivity contribution in [1.82, 2.24) is 15.0 Å². The molecule has 0 saturated heterocycles. The van der Waals surface area contributed by atoms with E-state index in [1.54, 1.807) is 0 Å². The maximum absolute atomic E-state index is 5.65. The zero-order valence-electron chi connectivity index (χ0n) is 12.1. The van der Waals surface area contributed by atoms with E-state index in [9.17, 15) is 0 Å². The molecule has 0 saturated carbocycles. The Labute approximate surface area is 121 Å². The Morgan fingerprint density at radius 2 is 2.00 bits per heavy atom. The molecule has 0 bridgehead atoms. The summed E-state index contributed by atoms with van der Waals surface area (Å²) in [5.41, 5.74) is 4.33. The molecule has 1 atom stereocenters. The van der Waals surface area contributed by atoms with Gasteiger partial charge in [-0.1, -0.05) is 30.3 Å². The van der Waals surface area contributed by atoms with Gasteiger partial charge in [-0.25, -0.2) is 4.98 Å². The molecule has 0 amide bonds. The van der Waals surface area contributed by atoms with Crippen LogP contribution in [0.4, 0.5) is 0 Å². The van der Waals surface area contributed by atoms with Crippen LogP contribution in [0.2, 0.25) is 0 Å². The van der Waals surface area contributed by atoms with Crippen LogP contribution in [0, 0.1) is 0 Å². The van der Waals surface area contributed by atoms with Crippen molar-refractivity contribution in [3.63, 3.8) is 0 Å². The third kappa shape index (κ3) is 4.47. The smallest absolute Gasteiger partial charge is 0.108 e. The lowest BCUT2D eigenvalue weighted by Crippen LogP contribution is -2.35. The quantitative estimate of drug-likeness (QED) is 0.572. The van der Waals surface area contributed by atoms with Gasteiger partial charge in [0.2, 0.25) is 0 Å². The van der Waals surface area contributed by atoms with Crippen molar-refractivity contribution >= 4 is 0 Å². The van der Waals surface area contributed by atoms with E-state index in [-0.39, 0.29) is 0 Å². The standard InChI is InChI=1S/C16H24N4/c1-20-13-12-18-16(20)11-10-15(19-17)9-5-8-14-6-3-2-4-7-14/h2-4,6-7,12-13,15,19H,5,8-11,17H2,1H3. The number of nitrogens with one attached hydrogen (secondary N) is 1. The van der Waals surface area contributed by atoms with E-state index >= 15 is 0 Å². The fourth-order valence-electron chi connectivity index (χ4n) is 2.45. The topological polar surface area (TPSA) is 55.9 Å². The van der Waals surface area contributed by atoms with Crippen molar-refractivity contribution in [3.8, 4) is 0 Å². The Hall–Kier alpha value is -1.65. The number of nitrogens with two attached hydrogens (primary N) is 1. The van der Waals surface area contributed by atoms with E-state index in [1.807, 2.05) is 19.4 Å². The van der Waals surface area contributed by atoms with Crippen molar-refractivity contribution in [1.29, 1.82) is 0 Å².